The Morgan fingerprint density at radius 2 is 1.82 bits per heavy atom. The molecule has 4 heteroatoms. The Hall–Kier alpha value is -1.22. The average Bonchev–Trinajstić information content (AvgIpc) is 2.19. The number of ether oxygens (including phenoxy) is 1. The molecule has 0 saturated carbocycles. The van der Waals surface area contributed by atoms with E-state index in [-0.39, 0.29) is 5.97 Å². The molecule has 3 nitrogen and oxygen atoms in total. The van der Waals surface area contributed by atoms with E-state index in [1.54, 1.807) is 19.1 Å². The fourth-order valence-electron chi connectivity index (χ4n) is 1.25. The maximum atomic E-state index is 11.7. The lowest BCUT2D eigenvalue weighted by Crippen LogP contribution is -2.34. The molecule has 0 spiro atoms. The first-order chi connectivity index (χ1) is 7.78. The number of nitrogens with one attached hydrogen (secondary N) is 1. The average molecular weight is 256 g/mol. The molecule has 94 valence electrons. The largest absolute Gasteiger partial charge is 0.458 e. The van der Waals surface area contributed by atoms with Crippen molar-refractivity contribution < 1.29 is 9.53 Å². The van der Waals surface area contributed by atoms with Gasteiger partial charge >= 0.3 is 5.97 Å². The van der Waals surface area contributed by atoms with Crippen molar-refractivity contribution in [1.82, 2.24) is 0 Å². The standard InChI is InChI=1S/C13H18ClNO2/c1-9(12(16)17-13(2,3)4)15-11-7-5-10(14)6-8-11/h5-9,15H,1-4H3. The van der Waals surface area contributed by atoms with E-state index < -0.39 is 11.6 Å². The minimum Gasteiger partial charge on any atom is -0.458 e. The summed E-state index contributed by atoms with van der Waals surface area (Å²) in [6.45, 7) is 7.31. The first-order valence-corrected chi connectivity index (χ1v) is 5.91. The van der Waals surface area contributed by atoms with Gasteiger partial charge in [-0.15, -0.1) is 0 Å². The second-order valence-corrected chi connectivity index (χ2v) is 5.34. The summed E-state index contributed by atoms with van der Waals surface area (Å²) < 4.78 is 5.27. The third kappa shape index (κ3) is 5.09. The van der Waals surface area contributed by atoms with Gasteiger partial charge in [0.15, 0.2) is 0 Å². The number of carbonyl (C=O) groups is 1. The number of anilines is 1. The van der Waals surface area contributed by atoms with Crippen LogP contribution in [0.5, 0.6) is 0 Å². The highest BCUT2D eigenvalue weighted by Gasteiger charge is 2.21. The van der Waals surface area contributed by atoms with Crippen LogP contribution in [0.25, 0.3) is 0 Å². The predicted molar refractivity (Wildman–Crippen MR) is 70.4 cm³/mol. The molecule has 0 bridgehead atoms. The van der Waals surface area contributed by atoms with Gasteiger partial charge < -0.3 is 10.1 Å². The summed E-state index contributed by atoms with van der Waals surface area (Å²) in [4.78, 5) is 11.7. The van der Waals surface area contributed by atoms with Gasteiger partial charge in [-0.25, -0.2) is 4.79 Å². The second kappa shape index (κ2) is 5.41. The topological polar surface area (TPSA) is 38.3 Å². The van der Waals surface area contributed by atoms with Gasteiger partial charge in [-0.1, -0.05) is 11.6 Å². The Balaban J connectivity index is 2.57. The molecule has 0 aliphatic carbocycles. The Morgan fingerprint density at radius 3 is 2.29 bits per heavy atom. The summed E-state index contributed by atoms with van der Waals surface area (Å²) in [6, 6.07) is 6.79. The van der Waals surface area contributed by atoms with E-state index in [0.717, 1.165) is 5.69 Å². The van der Waals surface area contributed by atoms with Crippen molar-refractivity contribution in [2.75, 3.05) is 5.32 Å². The second-order valence-electron chi connectivity index (χ2n) is 4.91. The van der Waals surface area contributed by atoms with E-state index in [4.69, 9.17) is 16.3 Å². The fraction of sp³-hybridized carbons (Fsp3) is 0.462. The monoisotopic (exact) mass is 255 g/mol. The Labute approximate surface area is 107 Å². The lowest BCUT2D eigenvalue weighted by atomic mass is 10.2. The molecule has 0 amide bonds. The first kappa shape index (κ1) is 13.8. The van der Waals surface area contributed by atoms with Crippen LogP contribution in [0.4, 0.5) is 5.69 Å². The molecular weight excluding hydrogens is 238 g/mol. The van der Waals surface area contributed by atoms with Crippen LogP contribution in [0.15, 0.2) is 24.3 Å². The molecule has 0 aliphatic rings. The highest BCUT2D eigenvalue weighted by atomic mass is 35.5. The lowest BCUT2D eigenvalue weighted by molar-refractivity contribution is -0.155. The molecule has 1 N–H and O–H groups in total. The number of hydrogen-bond donors (Lipinski definition) is 1. The third-order valence-electron chi connectivity index (χ3n) is 1.99. The Kier molecular flexibility index (Phi) is 4.40. The van der Waals surface area contributed by atoms with Crippen molar-refractivity contribution in [2.45, 2.75) is 39.3 Å². The van der Waals surface area contributed by atoms with Crippen molar-refractivity contribution in [1.29, 1.82) is 0 Å². The summed E-state index contributed by atoms with van der Waals surface area (Å²) in [7, 11) is 0. The van der Waals surface area contributed by atoms with Crippen molar-refractivity contribution in [3.63, 3.8) is 0 Å². The Morgan fingerprint density at radius 1 is 1.29 bits per heavy atom. The number of hydrogen-bond acceptors (Lipinski definition) is 3. The minimum atomic E-state index is -0.465. The van der Waals surface area contributed by atoms with Crippen LogP contribution in [0, 0.1) is 0 Å². The van der Waals surface area contributed by atoms with Crippen LogP contribution < -0.4 is 5.32 Å². The maximum Gasteiger partial charge on any atom is 0.328 e. The molecule has 1 aromatic rings. The van der Waals surface area contributed by atoms with Crippen LogP contribution in [0.2, 0.25) is 5.02 Å². The molecular formula is C13H18ClNO2. The number of benzene rings is 1. The normalized spacial score (nSPS) is 13.0. The highest BCUT2D eigenvalue weighted by Crippen LogP contribution is 2.15. The minimum absolute atomic E-state index is 0.271. The fourth-order valence-corrected chi connectivity index (χ4v) is 1.37. The van der Waals surface area contributed by atoms with Crippen molar-refractivity contribution in [3.8, 4) is 0 Å². The van der Waals surface area contributed by atoms with Gasteiger partial charge in [0.25, 0.3) is 0 Å². The molecule has 1 unspecified atom stereocenters. The van der Waals surface area contributed by atoms with Gasteiger partial charge in [-0.05, 0) is 52.0 Å². The van der Waals surface area contributed by atoms with Gasteiger partial charge in [0.05, 0.1) is 0 Å². The van der Waals surface area contributed by atoms with Gasteiger partial charge in [-0.3, -0.25) is 0 Å². The Bertz CT molecular complexity index is 381. The zero-order valence-electron chi connectivity index (χ0n) is 10.6. The van der Waals surface area contributed by atoms with Crippen molar-refractivity contribution in [3.05, 3.63) is 29.3 Å². The molecule has 17 heavy (non-hydrogen) atoms. The SMILES string of the molecule is CC(Nc1ccc(Cl)cc1)C(=O)OC(C)(C)C. The van der Waals surface area contributed by atoms with Crippen molar-refractivity contribution >= 4 is 23.3 Å². The third-order valence-corrected chi connectivity index (χ3v) is 2.24. The first-order valence-electron chi connectivity index (χ1n) is 5.53. The number of esters is 1. The predicted octanol–water partition coefficient (Wildman–Crippen LogP) is 3.48. The summed E-state index contributed by atoms with van der Waals surface area (Å²) in [6.07, 6.45) is 0. The molecule has 0 heterocycles. The number of halogens is 1. The van der Waals surface area contributed by atoms with Crippen LogP contribution in [-0.4, -0.2) is 17.6 Å². The van der Waals surface area contributed by atoms with E-state index in [1.165, 1.54) is 0 Å². The van der Waals surface area contributed by atoms with Gasteiger partial charge in [0, 0.05) is 10.7 Å². The summed E-state index contributed by atoms with van der Waals surface area (Å²) in [5.41, 5.74) is 0.375. The molecule has 0 aliphatic heterocycles. The molecule has 0 aromatic heterocycles. The van der Waals surface area contributed by atoms with E-state index in [1.807, 2.05) is 32.9 Å². The van der Waals surface area contributed by atoms with E-state index in [9.17, 15) is 4.79 Å². The quantitative estimate of drug-likeness (QED) is 0.841. The van der Waals surface area contributed by atoms with Gasteiger partial charge in [0.2, 0.25) is 0 Å². The van der Waals surface area contributed by atoms with Gasteiger partial charge in [0.1, 0.15) is 11.6 Å². The van der Waals surface area contributed by atoms with Gasteiger partial charge in [-0.2, -0.15) is 0 Å². The molecule has 0 fully saturated rings. The van der Waals surface area contributed by atoms with E-state index >= 15 is 0 Å². The van der Waals surface area contributed by atoms with E-state index in [2.05, 4.69) is 5.32 Å². The van der Waals surface area contributed by atoms with Crippen LogP contribution in [-0.2, 0) is 9.53 Å². The molecule has 1 aromatic carbocycles. The van der Waals surface area contributed by atoms with Crippen LogP contribution in [0.1, 0.15) is 27.7 Å². The van der Waals surface area contributed by atoms with Crippen LogP contribution in [0.3, 0.4) is 0 Å². The maximum absolute atomic E-state index is 11.7. The number of rotatable bonds is 3. The zero-order valence-corrected chi connectivity index (χ0v) is 11.3. The highest BCUT2D eigenvalue weighted by molar-refractivity contribution is 6.30. The van der Waals surface area contributed by atoms with Crippen molar-refractivity contribution in [2.24, 2.45) is 0 Å². The number of carbonyl (C=O) groups excluding carboxylic acids is 1. The summed E-state index contributed by atoms with van der Waals surface area (Å²) in [5.74, 6) is -0.271. The smallest absolute Gasteiger partial charge is 0.328 e. The summed E-state index contributed by atoms with van der Waals surface area (Å²) in [5, 5.41) is 3.73. The summed E-state index contributed by atoms with van der Waals surface area (Å²) >= 11 is 5.78. The molecule has 1 rings (SSSR count). The lowest BCUT2D eigenvalue weighted by Gasteiger charge is -2.23. The van der Waals surface area contributed by atoms with E-state index in [0.29, 0.717) is 5.02 Å². The molecule has 1 atom stereocenters. The molecule has 0 saturated heterocycles. The zero-order chi connectivity index (χ0) is 13.1. The van der Waals surface area contributed by atoms with Crippen LogP contribution >= 0.6 is 11.6 Å². The molecule has 0 radical (unpaired) electrons.